The van der Waals surface area contributed by atoms with Gasteiger partial charge in [0.2, 0.25) is 0 Å². The maximum atomic E-state index is 12.4. The lowest BCUT2D eigenvalue weighted by atomic mass is 10.2. The molecule has 1 saturated heterocycles. The molecule has 0 saturated carbocycles. The Kier molecular flexibility index (Phi) is 6.49. The summed E-state index contributed by atoms with van der Waals surface area (Å²) in [6, 6.07) is 13.9. The lowest BCUT2D eigenvalue weighted by Crippen LogP contribution is -2.46. The molecule has 0 aliphatic carbocycles. The average molecular weight is 384 g/mol. The highest BCUT2D eigenvalue weighted by atomic mass is 16.5. The number of hydrogen-bond donors (Lipinski definition) is 1. The number of morpholine rings is 1. The van der Waals surface area contributed by atoms with E-state index < -0.39 is 6.10 Å². The lowest BCUT2D eigenvalue weighted by molar-refractivity contribution is -0.142. The first-order valence-electron chi connectivity index (χ1n) is 9.16. The van der Waals surface area contributed by atoms with Crippen LogP contribution in [-0.4, -0.2) is 56.2 Å². The molecule has 2 amide bonds. The largest absolute Gasteiger partial charge is 0.496 e. The van der Waals surface area contributed by atoms with Crippen molar-refractivity contribution in [2.75, 3.05) is 38.7 Å². The van der Waals surface area contributed by atoms with E-state index in [1.807, 2.05) is 0 Å². The van der Waals surface area contributed by atoms with Gasteiger partial charge in [-0.2, -0.15) is 0 Å². The summed E-state index contributed by atoms with van der Waals surface area (Å²) in [5.41, 5.74) is 1.07. The van der Waals surface area contributed by atoms with Gasteiger partial charge in [-0.1, -0.05) is 12.1 Å². The van der Waals surface area contributed by atoms with Crippen LogP contribution >= 0.6 is 0 Å². The molecule has 2 aromatic rings. The van der Waals surface area contributed by atoms with Crippen molar-refractivity contribution in [3.05, 3.63) is 54.1 Å². The molecule has 28 heavy (non-hydrogen) atoms. The van der Waals surface area contributed by atoms with Gasteiger partial charge in [0, 0.05) is 18.8 Å². The Bertz CT molecular complexity index is 816. The monoisotopic (exact) mass is 384 g/mol. The predicted octanol–water partition coefficient (Wildman–Crippen LogP) is 2.57. The molecule has 1 heterocycles. The zero-order valence-corrected chi connectivity index (χ0v) is 16.0. The molecule has 1 N–H and O–H groups in total. The molecule has 7 nitrogen and oxygen atoms in total. The topological polar surface area (TPSA) is 77.1 Å². The smallest absolute Gasteiger partial charge is 0.263 e. The molecule has 1 aliphatic heterocycles. The van der Waals surface area contributed by atoms with E-state index in [-0.39, 0.29) is 11.8 Å². The molecule has 0 bridgehead atoms. The maximum absolute atomic E-state index is 12.4. The first-order chi connectivity index (χ1) is 13.6. The molecule has 3 rings (SSSR count). The number of benzene rings is 2. The molecular weight excluding hydrogens is 360 g/mol. The Morgan fingerprint density at radius 3 is 2.43 bits per heavy atom. The Balaban J connectivity index is 1.58. The van der Waals surface area contributed by atoms with Gasteiger partial charge in [0.25, 0.3) is 11.8 Å². The van der Waals surface area contributed by atoms with Gasteiger partial charge in [-0.25, -0.2) is 0 Å². The van der Waals surface area contributed by atoms with Crippen LogP contribution in [0.2, 0.25) is 0 Å². The van der Waals surface area contributed by atoms with Gasteiger partial charge >= 0.3 is 0 Å². The second-order valence-corrected chi connectivity index (χ2v) is 6.38. The van der Waals surface area contributed by atoms with Crippen molar-refractivity contribution in [3.8, 4) is 11.5 Å². The zero-order valence-electron chi connectivity index (χ0n) is 16.0. The predicted molar refractivity (Wildman–Crippen MR) is 105 cm³/mol. The molecule has 148 valence electrons. The first kappa shape index (κ1) is 19.7. The minimum absolute atomic E-state index is 0.0585. The molecule has 1 atom stereocenters. The van der Waals surface area contributed by atoms with Crippen LogP contribution in [0, 0.1) is 0 Å². The summed E-state index contributed by atoms with van der Waals surface area (Å²) in [5.74, 6) is 0.749. The van der Waals surface area contributed by atoms with Crippen molar-refractivity contribution < 1.29 is 23.8 Å². The molecule has 7 heteroatoms. The molecule has 0 spiro atoms. The number of hydrogen-bond acceptors (Lipinski definition) is 5. The van der Waals surface area contributed by atoms with Crippen molar-refractivity contribution in [2.24, 2.45) is 0 Å². The van der Waals surface area contributed by atoms with Crippen molar-refractivity contribution in [1.29, 1.82) is 0 Å². The summed E-state index contributed by atoms with van der Waals surface area (Å²) in [6.45, 7) is 4.01. The molecule has 1 aliphatic rings. The van der Waals surface area contributed by atoms with E-state index in [1.54, 1.807) is 60.4 Å². The van der Waals surface area contributed by atoms with Crippen LogP contribution in [0.3, 0.4) is 0 Å². The first-order valence-corrected chi connectivity index (χ1v) is 9.16. The summed E-state index contributed by atoms with van der Waals surface area (Å²) >= 11 is 0. The van der Waals surface area contributed by atoms with Crippen molar-refractivity contribution in [2.45, 2.75) is 13.0 Å². The number of ether oxygens (including phenoxy) is 3. The minimum Gasteiger partial charge on any atom is -0.496 e. The number of para-hydroxylation sites is 1. The molecule has 0 radical (unpaired) electrons. The van der Waals surface area contributed by atoms with E-state index in [9.17, 15) is 9.59 Å². The third-order valence-electron chi connectivity index (χ3n) is 4.45. The highest BCUT2D eigenvalue weighted by Gasteiger charge is 2.23. The fraction of sp³-hybridized carbons (Fsp3) is 0.333. The molecular formula is C21H24N2O5. The van der Waals surface area contributed by atoms with Gasteiger partial charge < -0.3 is 24.4 Å². The normalized spacial score (nSPS) is 14.9. The van der Waals surface area contributed by atoms with E-state index in [2.05, 4.69) is 5.32 Å². The summed E-state index contributed by atoms with van der Waals surface area (Å²) in [7, 11) is 1.53. The van der Waals surface area contributed by atoms with Gasteiger partial charge in [0.15, 0.2) is 6.10 Å². The fourth-order valence-corrected chi connectivity index (χ4v) is 2.94. The van der Waals surface area contributed by atoms with E-state index in [1.165, 1.54) is 7.11 Å². The zero-order chi connectivity index (χ0) is 19.9. The number of rotatable bonds is 6. The van der Waals surface area contributed by atoms with Gasteiger partial charge in [-0.15, -0.1) is 0 Å². The van der Waals surface area contributed by atoms with Gasteiger partial charge in [0.1, 0.15) is 11.5 Å². The molecule has 0 unspecified atom stereocenters. The quantitative estimate of drug-likeness (QED) is 0.828. The van der Waals surface area contributed by atoms with Crippen LogP contribution < -0.4 is 14.8 Å². The number of nitrogens with zero attached hydrogens (tertiary/aromatic N) is 1. The van der Waals surface area contributed by atoms with Crippen molar-refractivity contribution in [1.82, 2.24) is 4.90 Å². The van der Waals surface area contributed by atoms with Crippen LogP contribution in [0.5, 0.6) is 11.5 Å². The van der Waals surface area contributed by atoms with Crippen molar-refractivity contribution in [3.63, 3.8) is 0 Å². The lowest BCUT2D eigenvalue weighted by Gasteiger charge is -2.29. The highest BCUT2D eigenvalue weighted by molar-refractivity contribution is 6.06. The number of anilines is 1. The fourth-order valence-electron chi connectivity index (χ4n) is 2.94. The maximum Gasteiger partial charge on any atom is 0.263 e. The van der Waals surface area contributed by atoms with Crippen LogP contribution in [0.1, 0.15) is 17.3 Å². The second-order valence-electron chi connectivity index (χ2n) is 6.38. The van der Waals surface area contributed by atoms with Gasteiger partial charge in [-0.05, 0) is 43.3 Å². The summed E-state index contributed by atoms with van der Waals surface area (Å²) in [4.78, 5) is 26.6. The van der Waals surface area contributed by atoms with Gasteiger partial charge in [-0.3, -0.25) is 9.59 Å². The Morgan fingerprint density at radius 1 is 1.07 bits per heavy atom. The third kappa shape index (κ3) is 4.80. The van der Waals surface area contributed by atoms with Crippen molar-refractivity contribution >= 4 is 17.5 Å². The number of nitrogens with one attached hydrogen (secondary N) is 1. The van der Waals surface area contributed by atoms with E-state index in [0.717, 1.165) is 0 Å². The van der Waals surface area contributed by atoms with Crippen LogP contribution in [0.15, 0.2) is 48.5 Å². The summed E-state index contributed by atoms with van der Waals surface area (Å²) < 4.78 is 16.2. The summed E-state index contributed by atoms with van der Waals surface area (Å²) in [6.07, 6.45) is -0.591. The third-order valence-corrected chi connectivity index (χ3v) is 4.45. The molecule has 1 fully saturated rings. The number of carbonyl (C=O) groups is 2. The average Bonchev–Trinajstić information content (AvgIpc) is 2.75. The Morgan fingerprint density at radius 2 is 1.75 bits per heavy atom. The SMILES string of the molecule is COc1ccccc1C(=O)Nc1ccc(O[C@H](C)C(=O)N2CCOCC2)cc1. The van der Waals surface area contributed by atoms with Crippen LogP contribution in [0.4, 0.5) is 5.69 Å². The Hall–Kier alpha value is -3.06. The molecule has 2 aromatic carbocycles. The van der Waals surface area contributed by atoms with E-state index in [0.29, 0.717) is 49.1 Å². The van der Waals surface area contributed by atoms with Crippen LogP contribution in [-0.2, 0) is 9.53 Å². The number of amides is 2. The number of methoxy groups -OCH3 is 1. The summed E-state index contributed by atoms with van der Waals surface area (Å²) in [5, 5.41) is 2.82. The standard InChI is InChI=1S/C21H24N2O5/c1-15(21(25)23-11-13-27-14-12-23)28-17-9-7-16(8-10-17)22-20(24)18-5-3-4-6-19(18)26-2/h3-10,15H,11-14H2,1-2H3,(H,22,24)/t15-/m1/s1. The van der Waals surface area contributed by atoms with E-state index >= 15 is 0 Å². The molecule has 0 aromatic heterocycles. The Labute approximate surface area is 164 Å². The minimum atomic E-state index is -0.591. The van der Waals surface area contributed by atoms with Crippen LogP contribution in [0.25, 0.3) is 0 Å². The second kappa shape index (κ2) is 9.23. The van der Waals surface area contributed by atoms with E-state index in [4.69, 9.17) is 14.2 Å². The van der Waals surface area contributed by atoms with Gasteiger partial charge in [0.05, 0.1) is 25.9 Å². The highest BCUT2D eigenvalue weighted by Crippen LogP contribution is 2.21. The number of carbonyl (C=O) groups excluding carboxylic acids is 2.